The van der Waals surface area contributed by atoms with Crippen molar-refractivity contribution < 1.29 is 9.18 Å². The van der Waals surface area contributed by atoms with Crippen LogP contribution in [0, 0.1) is 5.82 Å². The van der Waals surface area contributed by atoms with Crippen molar-refractivity contribution in [2.45, 2.75) is 38.3 Å². The minimum Gasteiger partial charge on any atom is -0.350 e. The zero-order valence-corrected chi connectivity index (χ0v) is 10.6. The summed E-state index contributed by atoms with van der Waals surface area (Å²) < 4.78 is 13.4. The maximum Gasteiger partial charge on any atom is 0.240 e. The molecule has 0 spiro atoms. The van der Waals surface area contributed by atoms with Gasteiger partial charge in [0.1, 0.15) is 5.82 Å². The topological polar surface area (TPSA) is 41.1 Å². The summed E-state index contributed by atoms with van der Waals surface area (Å²) in [5.41, 5.74) is 0.0701. The number of amides is 1. The lowest BCUT2D eigenvalue weighted by Crippen LogP contribution is -2.52. The fraction of sp³-hybridized carbons (Fsp3) is 0.500. The zero-order valence-electron chi connectivity index (χ0n) is 10.6. The molecule has 0 saturated carbocycles. The maximum absolute atomic E-state index is 13.4. The molecular weight excluding hydrogens is 231 g/mol. The van der Waals surface area contributed by atoms with E-state index in [9.17, 15) is 9.18 Å². The van der Waals surface area contributed by atoms with E-state index in [1.54, 1.807) is 18.2 Å². The molecule has 1 saturated heterocycles. The quantitative estimate of drug-likeness (QED) is 0.858. The third-order valence-electron chi connectivity index (χ3n) is 3.68. The molecule has 1 atom stereocenters. The average molecular weight is 250 g/mol. The number of carbonyl (C=O) groups is 1. The first kappa shape index (κ1) is 13.0. The van der Waals surface area contributed by atoms with Crippen LogP contribution in [-0.4, -0.2) is 18.0 Å². The summed E-state index contributed by atoms with van der Waals surface area (Å²) >= 11 is 0. The van der Waals surface area contributed by atoms with Crippen LogP contribution >= 0.6 is 0 Å². The largest absolute Gasteiger partial charge is 0.350 e. The normalized spacial score (nSPS) is 23.0. The second-order valence-electron chi connectivity index (χ2n) is 4.74. The molecule has 1 unspecified atom stereocenters. The molecule has 1 aliphatic heterocycles. The predicted molar refractivity (Wildman–Crippen MR) is 68.5 cm³/mol. The number of hydrogen-bond donors (Lipinski definition) is 2. The summed E-state index contributed by atoms with van der Waals surface area (Å²) in [6, 6.07) is 6.52. The Hall–Kier alpha value is -1.42. The van der Waals surface area contributed by atoms with Gasteiger partial charge in [-0.2, -0.15) is 0 Å². The van der Waals surface area contributed by atoms with Crippen LogP contribution in [0.3, 0.4) is 0 Å². The van der Waals surface area contributed by atoms with E-state index in [2.05, 4.69) is 10.6 Å². The van der Waals surface area contributed by atoms with Crippen molar-refractivity contribution in [1.29, 1.82) is 0 Å². The van der Waals surface area contributed by atoms with Gasteiger partial charge in [0.05, 0.1) is 5.54 Å². The van der Waals surface area contributed by atoms with E-state index < -0.39 is 5.54 Å². The van der Waals surface area contributed by atoms with Crippen LogP contribution in [0.4, 0.5) is 4.39 Å². The van der Waals surface area contributed by atoms with Gasteiger partial charge in [-0.3, -0.25) is 4.79 Å². The number of carbonyl (C=O) groups excluding carboxylic acids is 1. The first-order valence-electron chi connectivity index (χ1n) is 6.45. The molecule has 4 heteroatoms. The van der Waals surface area contributed by atoms with E-state index in [0.717, 1.165) is 25.8 Å². The lowest BCUT2D eigenvalue weighted by Gasteiger charge is -2.26. The molecule has 2 rings (SSSR count). The smallest absolute Gasteiger partial charge is 0.240 e. The minimum atomic E-state index is -0.453. The Morgan fingerprint density at radius 1 is 1.50 bits per heavy atom. The Kier molecular flexibility index (Phi) is 3.97. The van der Waals surface area contributed by atoms with Crippen LogP contribution in [-0.2, 0) is 11.3 Å². The first-order valence-corrected chi connectivity index (χ1v) is 6.45. The van der Waals surface area contributed by atoms with E-state index >= 15 is 0 Å². The summed E-state index contributed by atoms with van der Waals surface area (Å²) in [4.78, 5) is 12.2. The molecule has 1 aromatic carbocycles. The molecule has 1 aliphatic rings. The van der Waals surface area contributed by atoms with Gasteiger partial charge in [0.25, 0.3) is 0 Å². The minimum absolute atomic E-state index is 0.0225. The van der Waals surface area contributed by atoms with Gasteiger partial charge in [0.2, 0.25) is 5.91 Å². The molecule has 1 amide bonds. The Balaban J connectivity index is 1.98. The summed E-state index contributed by atoms with van der Waals surface area (Å²) in [5.74, 6) is -0.298. The van der Waals surface area contributed by atoms with Crippen molar-refractivity contribution in [2.24, 2.45) is 0 Å². The maximum atomic E-state index is 13.4. The predicted octanol–water partition coefficient (Wildman–Crippen LogP) is 1.97. The van der Waals surface area contributed by atoms with Gasteiger partial charge in [-0.25, -0.2) is 4.39 Å². The highest BCUT2D eigenvalue weighted by atomic mass is 19.1. The Bertz CT molecular complexity index is 428. The Labute approximate surface area is 107 Å². The van der Waals surface area contributed by atoms with E-state index in [4.69, 9.17) is 0 Å². The second-order valence-corrected chi connectivity index (χ2v) is 4.74. The third-order valence-corrected chi connectivity index (χ3v) is 3.68. The fourth-order valence-electron chi connectivity index (χ4n) is 2.45. The molecule has 3 nitrogen and oxygen atoms in total. The van der Waals surface area contributed by atoms with Gasteiger partial charge in [0.15, 0.2) is 0 Å². The molecule has 0 aliphatic carbocycles. The molecule has 1 aromatic rings. The van der Waals surface area contributed by atoms with E-state index in [1.165, 1.54) is 6.07 Å². The number of rotatable bonds is 4. The average Bonchev–Trinajstić information content (AvgIpc) is 2.87. The summed E-state index contributed by atoms with van der Waals surface area (Å²) in [6.07, 6.45) is 2.63. The monoisotopic (exact) mass is 250 g/mol. The molecule has 0 aromatic heterocycles. The van der Waals surface area contributed by atoms with Crippen molar-refractivity contribution in [2.75, 3.05) is 6.54 Å². The summed E-state index contributed by atoms with van der Waals surface area (Å²) in [5, 5.41) is 6.10. The Morgan fingerprint density at radius 3 is 2.89 bits per heavy atom. The lowest BCUT2D eigenvalue weighted by molar-refractivity contribution is -0.127. The first-order chi connectivity index (χ1) is 8.68. The molecule has 0 radical (unpaired) electrons. The molecule has 98 valence electrons. The van der Waals surface area contributed by atoms with Crippen molar-refractivity contribution in [3.8, 4) is 0 Å². The summed E-state index contributed by atoms with van der Waals surface area (Å²) in [6.45, 7) is 3.12. The molecule has 2 N–H and O–H groups in total. The number of halogens is 1. The van der Waals surface area contributed by atoms with E-state index in [-0.39, 0.29) is 18.3 Å². The highest BCUT2D eigenvalue weighted by molar-refractivity contribution is 5.86. The van der Waals surface area contributed by atoms with Gasteiger partial charge in [-0.15, -0.1) is 0 Å². The third kappa shape index (κ3) is 2.53. The van der Waals surface area contributed by atoms with Crippen LogP contribution < -0.4 is 10.6 Å². The van der Waals surface area contributed by atoms with Crippen LogP contribution in [0.2, 0.25) is 0 Å². The van der Waals surface area contributed by atoms with Gasteiger partial charge < -0.3 is 10.6 Å². The van der Waals surface area contributed by atoms with Gasteiger partial charge in [-0.05, 0) is 31.9 Å². The molecule has 0 bridgehead atoms. The SMILES string of the molecule is CCC1(C(=O)NCc2ccccc2F)CCCN1. The van der Waals surface area contributed by atoms with Crippen molar-refractivity contribution in [3.63, 3.8) is 0 Å². The van der Waals surface area contributed by atoms with Crippen molar-refractivity contribution >= 4 is 5.91 Å². The molecular formula is C14H19FN2O. The highest BCUT2D eigenvalue weighted by Crippen LogP contribution is 2.23. The van der Waals surface area contributed by atoms with Crippen LogP contribution in [0.1, 0.15) is 31.7 Å². The molecule has 1 heterocycles. The van der Waals surface area contributed by atoms with Crippen LogP contribution in [0.15, 0.2) is 24.3 Å². The van der Waals surface area contributed by atoms with Crippen LogP contribution in [0.5, 0.6) is 0 Å². The standard InChI is InChI=1S/C14H19FN2O/c1-2-14(8-5-9-17-14)13(18)16-10-11-6-3-4-7-12(11)15/h3-4,6-7,17H,2,5,8-10H2,1H3,(H,16,18). The van der Waals surface area contributed by atoms with Gasteiger partial charge >= 0.3 is 0 Å². The van der Waals surface area contributed by atoms with E-state index in [0.29, 0.717) is 5.56 Å². The van der Waals surface area contributed by atoms with Crippen molar-refractivity contribution in [1.82, 2.24) is 10.6 Å². The number of benzene rings is 1. The Morgan fingerprint density at radius 2 is 2.28 bits per heavy atom. The van der Waals surface area contributed by atoms with Crippen molar-refractivity contribution in [3.05, 3.63) is 35.6 Å². The number of hydrogen-bond acceptors (Lipinski definition) is 2. The lowest BCUT2D eigenvalue weighted by atomic mass is 9.93. The zero-order chi connectivity index (χ0) is 13.0. The molecule has 1 fully saturated rings. The van der Waals surface area contributed by atoms with E-state index in [1.807, 2.05) is 6.92 Å². The molecule has 18 heavy (non-hydrogen) atoms. The summed E-state index contributed by atoms with van der Waals surface area (Å²) in [7, 11) is 0. The van der Waals surface area contributed by atoms with Crippen LogP contribution in [0.25, 0.3) is 0 Å². The van der Waals surface area contributed by atoms with Gasteiger partial charge in [0, 0.05) is 12.1 Å². The van der Waals surface area contributed by atoms with Gasteiger partial charge in [-0.1, -0.05) is 25.1 Å². The highest BCUT2D eigenvalue weighted by Gasteiger charge is 2.38. The second kappa shape index (κ2) is 5.48. The number of nitrogens with one attached hydrogen (secondary N) is 2. The fourth-order valence-corrected chi connectivity index (χ4v) is 2.45.